The molecule has 5 nitrogen and oxygen atoms in total. The molecule has 1 fully saturated rings. The summed E-state index contributed by atoms with van der Waals surface area (Å²) < 4.78 is 26.2. The van der Waals surface area contributed by atoms with E-state index in [9.17, 15) is 18.3 Å². The first kappa shape index (κ1) is 14.7. The molecule has 1 aromatic rings. The van der Waals surface area contributed by atoms with Crippen molar-refractivity contribution in [2.45, 2.75) is 30.2 Å². The molecule has 0 bridgehead atoms. The Labute approximate surface area is 118 Å². The molecule has 6 heteroatoms. The van der Waals surface area contributed by atoms with E-state index in [1.165, 1.54) is 12.1 Å². The number of hydrogen-bond acceptors (Lipinski definition) is 3. The summed E-state index contributed by atoms with van der Waals surface area (Å²) in [7, 11) is -3.76. The maximum absolute atomic E-state index is 12.5. The number of carboxylic acids is 1. The van der Waals surface area contributed by atoms with E-state index in [0.29, 0.717) is 12.8 Å². The van der Waals surface area contributed by atoms with E-state index in [-0.39, 0.29) is 11.4 Å². The second-order valence-electron chi connectivity index (χ2n) is 4.74. The Morgan fingerprint density at radius 2 is 1.95 bits per heavy atom. The molecule has 0 radical (unpaired) electrons. The quantitative estimate of drug-likeness (QED) is 0.921. The lowest BCUT2D eigenvalue weighted by atomic mass is 10.1. The number of carboxylic acid groups (broad SMARTS) is 1. The maximum atomic E-state index is 12.5. The van der Waals surface area contributed by atoms with Gasteiger partial charge in [0.2, 0.25) is 10.0 Å². The average Bonchev–Trinajstić information content (AvgIpc) is 2.47. The van der Waals surface area contributed by atoms with Crippen LogP contribution in [0.3, 0.4) is 0 Å². The van der Waals surface area contributed by atoms with Gasteiger partial charge in [-0.05, 0) is 37.0 Å². The highest BCUT2D eigenvalue weighted by molar-refractivity contribution is 7.89. The molecule has 1 aromatic carbocycles. The molecule has 0 spiro atoms. The van der Waals surface area contributed by atoms with Crippen molar-refractivity contribution in [2.75, 3.05) is 6.54 Å². The SMILES string of the molecule is C=Cc1ccc(S(=O)(=O)N2CCCCC2C(=O)O)cc1. The zero-order valence-electron chi connectivity index (χ0n) is 11.0. The first-order chi connectivity index (χ1) is 9.46. The molecule has 1 saturated heterocycles. The summed E-state index contributed by atoms with van der Waals surface area (Å²) in [6.07, 6.45) is 3.41. The normalized spacial score (nSPS) is 20.5. The fourth-order valence-corrected chi connectivity index (χ4v) is 4.00. The number of aliphatic carboxylic acids is 1. The summed E-state index contributed by atoms with van der Waals surface area (Å²) in [5, 5.41) is 9.18. The van der Waals surface area contributed by atoms with E-state index >= 15 is 0 Å². The van der Waals surface area contributed by atoms with E-state index < -0.39 is 22.0 Å². The lowest BCUT2D eigenvalue weighted by Crippen LogP contribution is -2.47. The van der Waals surface area contributed by atoms with Gasteiger partial charge in [0, 0.05) is 6.54 Å². The summed E-state index contributed by atoms with van der Waals surface area (Å²) in [4.78, 5) is 11.3. The van der Waals surface area contributed by atoms with Crippen LogP contribution in [0.4, 0.5) is 0 Å². The Balaban J connectivity index is 2.36. The fourth-order valence-electron chi connectivity index (χ4n) is 2.35. The van der Waals surface area contributed by atoms with E-state index in [0.717, 1.165) is 16.3 Å². The predicted octanol–water partition coefficient (Wildman–Crippen LogP) is 1.96. The van der Waals surface area contributed by atoms with Gasteiger partial charge in [0.1, 0.15) is 6.04 Å². The molecule has 0 aromatic heterocycles. The molecule has 1 heterocycles. The van der Waals surface area contributed by atoms with Gasteiger partial charge in [0.25, 0.3) is 0 Å². The Kier molecular flexibility index (Phi) is 4.25. The maximum Gasteiger partial charge on any atom is 0.322 e. The molecule has 0 saturated carbocycles. The average molecular weight is 295 g/mol. The molecule has 1 unspecified atom stereocenters. The van der Waals surface area contributed by atoms with Crippen molar-refractivity contribution >= 4 is 22.1 Å². The Bertz CT molecular complexity index is 607. The zero-order valence-corrected chi connectivity index (χ0v) is 11.8. The second-order valence-corrected chi connectivity index (χ2v) is 6.63. The number of carbonyl (C=O) groups is 1. The first-order valence-corrected chi connectivity index (χ1v) is 7.88. The Morgan fingerprint density at radius 3 is 2.50 bits per heavy atom. The minimum atomic E-state index is -3.76. The molecular formula is C14H17NO4S. The van der Waals surface area contributed by atoms with Gasteiger partial charge >= 0.3 is 5.97 Å². The summed E-state index contributed by atoms with van der Waals surface area (Å²) in [5.74, 6) is -1.09. The third kappa shape index (κ3) is 2.76. The van der Waals surface area contributed by atoms with E-state index in [2.05, 4.69) is 6.58 Å². The molecule has 108 valence electrons. The van der Waals surface area contributed by atoms with Crippen LogP contribution >= 0.6 is 0 Å². The summed E-state index contributed by atoms with van der Waals surface area (Å²) in [6, 6.07) is 5.31. The topological polar surface area (TPSA) is 74.7 Å². The van der Waals surface area contributed by atoms with Crippen LogP contribution in [-0.4, -0.2) is 36.4 Å². The minimum Gasteiger partial charge on any atom is -0.480 e. The summed E-state index contributed by atoms with van der Waals surface area (Å²) in [5.41, 5.74) is 0.817. The molecule has 1 aliphatic rings. The molecule has 1 N–H and O–H groups in total. The van der Waals surface area contributed by atoms with Crippen molar-refractivity contribution in [1.29, 1.82) is 0 Å². The van der Waals surface area contributed by atoms with Crippen LogP contribution in [0.2, 0.25) is 0 Å². The number of piperidine rings is 1. The van der Waals surface area contributed by atoms with Gasteiger partial charge in [-0.2, -0.15) is 4.31 Å². The second kappa shape index (κ2) is 5.76. The smallest absolute Gasteiger partial charge is 0.322 e. The van der Waals surface area contributed by atoms with Crippen LogP contribution in [0.15, 0.2) is 35.7 Å². The highest BCUT2D eigenvalue weighted by atomic mass is 32.2. The van der Waals surface area contributed by atoms with Crippen LogP contribution < -0.4 is 0 Å². The third-order valence-electron chi connectivity index (χ3n) is 3.46. The third-order valence-corrected chi connectivity index (χ3v) is 5.38. The monoisotopic (exact) mass is 295 g/mol. The van der Waals surface area contributed by atoms with Gasteiger partial charge in [-0.15, -0.1) is 0 Å². The van der Waals surface area contributed by atoms with Crippen molar-refractivity contribution in [3.05, 3.63) is 36.4 Å². The van der Waals surface area contributed by atoms with Crippen molar-refractivity contribution in [3.63, 3.8) is 0 Å². The van der Waals surface area contributed by atoms with Crippen molar-refractivity contribution < 1.29 is 18.3 Å². The molecule has 20 heavy (non-hydrogen) atoms. The molecule has 1 atom stereocenters. The highest BCUT2D eigenvalue weighted by Gasteiger charge is 2.37. The number of rotatable bonds is 4. The van der Waals surface area contributed by atoms with Crippen molar-refractivity contribution in [3.8, 4) is 0 Å². The van der Waals surface area contributed by atoms with Crippen molar-refractivity contribution in [2.24, 2.45) is 0 Å². The summed E-state index contributed by atoms with van der Waals surface area (Å²) >= 11 is 0. The van der Waals surface area contributed by atoms with Crippen LogP contribution in [0.1, 0.15) is 24.8 Å². The fraction of sp³-hybridized carbons (Fsp3) is 0.357. The molecular weight excluding hydrogens is 278 g/mol. The van der Waals surface area contributed by atoms with Gasteiger partial charge in [0.05, 0.1) is 4.90 Å². The standard InChI is InChI=1S/C14H17NO4S/c1-2-11-6-8-12(9-7-11)20(18,19)15-10-4-3-5-13(15)14(16)17/h2,6-9,13H,1,3-5,10H2,(H,16,17). The van der Waals surface area contributed by atoms with Gasteiger partial charge < -0.3 is 5.11 Å². The van der Waals surface area contributed by atoms with Gasteiger partial charge in [-0.1, -0.05) is 24.8 Å². The largest absolute Gasteiger partial charge is 0.480 e. The first-order valence-electron chi connectivity index (χ1n) is 6.44. The molecule has 1 aliphatic heterocycles. The van der Waals surface area contributed by atoms with E-state index in [1.807, 2.05) is 0 Å². The number of benzene rings is 1. The molecule has 2 rings (SSSR count). The lowest BCUT2D eigenvalue weighted by Gasteiger charge is -2.31. The van der Waals surface area contributed by atoms with Crippen molar-refractivity contribution in [1.82, 2.24) is 4.31 Å². The molecule has 0 amide bonds. The van der Waals surface area contributed by atoms with Gasteiger partial charge in [0.15, 0.2) is 0 Å². The Hall–Kier alpha value is -1.66. The van der Waals surface area contributed by atoms with Gasteiger partial charge in [-0.25, -0.2) is 8.42 Å². The van der Waals surface area contributed by atoms with Crippen LogP contribution in [0.25, 0.3) is 6.08 Å². The Morgan fingerprint density at radius 1 is 1.30 bits per heavy atom. The van der Waals surface area contributed by atoms with E-state index in [1.54, 1.807) is 18.2 Å². The lowest BCUT2D eigenvalue weighted by molar-refractivity contribution is -0.142. The minimum absolute atomic E-state index is 0.122. The molecule has 0 aliphatic carbocycles. The van der Waals surface area contributed by atoms with Crippen LogP contribution in [0, 0.1) is 0 Å². The van der Waals surface area contributed by atoms with Crippen LogP contribution in [0.5, 0.6) is 0 Å². The number of nitrogens with zero attached hydrogens (tertiary/aromatic N) is 1. The summed E-state index contributed by atoms with van der Waals surface area (Å²) in [6.45, 7) is 3.86. The van der Waals surface area contributed by atoms with Crippen LogP contribution in [-0.2, 0) is 14.8 Å². The number of hydrogen-bond donors (Lipinski definition) is 1. The van der Waals surface area contributed by atoms with E-state index in [4.69, 9.17) is 0 Å². The van der Waals surface area contributed by atoms with Gasteiger partial charge in [-0.3, -0.25) is 4.79 Å². The highest BCUT2D eigenvalue weighted by Crippen LogP contribution is 2.25. The number of sulfonamides is 1. The zero-order chi connectivity index (χ0) is 14.8. The predicted molar refractivity (Wildman–Crippen MR) is 75.7 cm³/mol.